The van der Waals surface area contributed by atoms with Crippen molar-refractivity contribution in [1.29, 1.82) is 0 Å². The zero-order chi connectivity index (χ0) is 18.7. The smallest absolute Gasteiger partial charge is 0.194 e. The monoisotopic (exact) mass is 350 g/mol. The first-order valence-electron chi connectivity index (χ1n) is 9.32. The molecule has 0 heterocycles. The predicted molar refractivity (Wildman–Crippen MR) is 105 cm³/mol. The van der Waals surface area contributed by atoms with Crippen LogP contribution >= 0.6 is 0 Å². The lowest BCUT2D eigenvalue weighted by molar-refractivity contribution is 0.0979. The Hall–Kier alpha value is -2.46. The van der Waals surface area contributed by atoms with Gasteiger partial charge in [0.25, 0.3) is 0 Å². The molecule has 0 unspecified atom stereocenters. The Morgan fingerprint density at radius 3 is 1.96 bits per heavy atom. The maximum atomic E-state index is 12.8. The van der Waals surface area contributed by atoms with Gasteiger partial charge in [0.05, 0.1) is 0 Å². The maximum Gasteiger partial charge on any atom is 0.194 e. The van der Waals surface area contributed by atoms with E-state index >= 15 is 0 Å². The van der Waals surface area contributed by atoms with E-state index in [4.69, 9.17) is 0 Å². The fraction of sp³-hybridized carbons (Fsp3) is 0.364. The molecule has 1 aliphatic rings. The van der Waals surface area contributed by atoms with Crippen LogP contribution < -0.4 is 4.90 Å². The van der Waals surface area contributed by atoms with E-state index in [-0.39, 0.29) is 11.6 Å². The summed E-state index contributed by atoms with van der Waals surface area (Å²) in [5, 5.41) is 0. The molecule has 0 aromatic heterocycles. The molecule has 0 aliphatic heterocycles. The summed E-state index contributed by atoms with van der Waals surface area (Å²) in [6.45, 7) is 8.46. The molecule has 0 radical (unpaired) electrons. The average Bonchev–Trinajstić information content (AvgIpc) is 2.69. The van der Waals surface area contributed by atoms with E-state index < -0.39 is 0 Å². The minimum atomic E-state index is -0.0639. The zero-order valence-electron chi connectivity index (χ0n) is 15.8. The summed E-state index contributed by atoms with van der Waals surface area (Å²) in [5.41, 5.74) is 3.01. The van der Waals surface area contributed by atoms with Gasteiger partial charge in [-0.25, -0.2) is 0 Å². The maximum absolute atomic E-state index is 12.8. The van der Waals surface area contributed by atoms with Crippen LogP contribution in [0.3, 0.4) is 0 Å². The van der Waals surface area contributed by atoms with E-state index in [0.29, 0.717) is 22.3 Å². The number of hydrogen-bond acceptors (Lipinski definition) is 4. The van der Waals surface area contributed by atoms with Gasteiger partial charge in [-0.05, 0) is 44.3 Å². The molecule has 0 saturated heterocycles. The van der Waals surface area contributed by atoms with Crippen LogP contribution in [0.5, 0.6) is 0 Å². The lowest BCUT2D eigenvalue weighted by atomic mass is 9.84. The van der Waals surface area contributed by atoms with Gasteiger partial charge in [-0.15, -0.1) is 0 Å². The van der Waals surface area contributed by atoms with Crippen LogP contribution in [0.15, 0.2) is 42.5 Å². The molecule has 0 fully saturated rings. The van der Waals surface area contributed by atoms with Crippen LogP contribution in [0.2, 0.25) is 0 Å². The van der Waals surface area contributed by atoms with Crippen molar-refractivity contribution in [2.45, 2.75) is 20.3 Å². The quantitative estimate of drug-likeness (QED) is 0.652. The van der Waals surface area contributed by atoms with Crippen LogP contribution in [0.4, 0.5) is 5.69 Å². The second kappa shape index (κ2) is 7.83. The summed E-state index contributed by atoms with van der Waals surface area (Å²) >= 11 is 0. The van der Waals surface area contributed by atoms with E-state index in [0.717, 1.165) is 38.3 Å². The molecular weight excluding hydrogens is 324 g/mol. The number of carbonyl (C=O) groups excluding carboxylic acids is 2. The third-order valence-corrected chi connectivity index (χ3v) is 5.21. The lowest BCUT2D eigenvalue weighted by Crippen LogP contribution is -2.28. The summed E-state index contributed by atoms with van der Waals surface area (Å²) in [5.74, 6) is -0.125. The third kappa shape index (κ3) is 3.42. The Bertz CT molecular complexity index is 825. The van der Waals surface area contributed by atoms with E-state index in [1.54, 1.807) is 30.3 Å². The van der Waals surface area contributed by atoms with Crippen molar-refractivity contribution in [3.63, 3.8) is 0 Å². The number of carbonyl (C=O) groups is 2. The summed E-state index contributed by atoms with van der Waals surface area (Å²) < 4.78 is 0. The van der Waals surface area contributed by atoms with Crippen molar-refractivity contribution in [3.05, 3.63) is 64.7 Å². The van der Waals surface area contributed by atoms with Gasteiger partial charge in [0.15, 0.2) is 11.6 Å². The van der Waals surface area contributed by atoms with Crippen LogP contribution in [0.25, 0.3) is 0 Å². The molecule has 0 saturated carbocycles. The Morgan fingerprint density at radius 1 is 0.769 bits per heavy atom. The minimum absolute atomic E-state index is 0.0615. The molecule has 0 bridgehead atoms. The van der Waals surface area contributed by atoms with Gasteiger partial charge in [0.1, 0.15) is 0 Å². The van der Waals surface area contributed by atoms with E-state index in [2.05, 4.69) is 23.6 Å². The van der Waals surface area contributed by atoms with Gasteiger partial charge in [-0.1, -0.05) is 38.1 Å². The molecule has 0 spiro atoms. The fourth-order valence-electron chi connectivity index (χ4n) is 3.53. The van der Waals surface area contributed by atoms with Crippen molar-refractivity contribution in [2.75, 3.05) is 38.1 Å². The largest absolute Gasteiger partial charge is 0.375 e. The van der Waals surface area contributed by atoms with Crippen molar-refractivity contribution in [1.82, 2.24) is 4.90 Å². The standard InChI is InChI=1S/C22H26N2O2/c1-4-24(5-2)14-8-13-23(3)16-11-12-19-20(15-16)22(26)18-10-7-6-9-17(18)21(19)25/h6-7,9-12,15H,4-5,8,13-14H2,1-3H3. The highest BCUT2D eigenvalue weighted by molar-refractivity contribution is 6.28. The molecule has 3 rings (SSSR count). The first-order valence-corrected chi connectivity index (χ1v) is 9.32. The number of benzene rings is 2. The van der Waals surface area contributed by atoms with E-state index in [1.165, 1.54) is 0 Å². The van der Waals surface area contributed by atoms with Gasteiger partial charge in [0.2, 0.25) is 0 Å². The summed E-state index contributed by atoms with van der Waals surface area (Å²) in [6.07, 6.45) is 1.06. The second-order valence-electron chi connectivity index (χ2n) is 6.74. The molecule has 136 valence electrons. The van der Waals surface area contributed by atoms with Crippen molar-refractivity contribution >= 4 is 17.3 Å². The molecule has 0 atom stereocenters. The number of ketones is 2. The second-order valence-corrected chi connectivity index (χ2v) is 6.74. The van der Waals surface area contributed by atoms with E-state index in [9.17, 15) is 9.59 Å². The first-order chi connectivity index (χ1) is 12.6. The predicted octanol–water partition coefficient (Wildman–Crippen LogP) is 3.63. The van der Waals surface area contributed by atoms with Gasteiger partial charge in [-0.3, -0.25) is 9.59 Å². The number of fused-ring (bicyclic) bond motifs is 2. The van der Waals surface area contributed by atoms with E-state index in [1.807, 2.05) is 19.2 Å². The highest BCUT2D eigenvalue weighted by Crippen LogP contribution is 2.29. The molecule has 4 nitrogen and oxygen atoms in total. The normalized spacial score (nSPS) is 12.9. The molecule has 26 heavy (non-hydrogen) atoms. The van der Waals surface area contributed by atoms with Gasteiger partial charge >= 0.3 is 0 Å². The SMILES string of the molecule is CCN(CC)CCCN(C)c1ccc2c(c1)C(=O)c1ccccc1C2=O. The highest BCUT2D eigenvalue weighted by Gasteiger charge is 2.29. The molecule has 2 aromatic carbocycles. The summed E-state index contributed by atoms with van der Waals surface area (Å²) in [6, 6.07) is 12.7. The Balaban J connectivity index is 1.78. The van der Waals surface area contributed by atoms with Gasteiger partial charge in [0, 0.05) is 41.5 Å². The van der Waals surface area contributed by atoms with Crippen molar-refractivity contribution < 1.29 is 9.59 Å². The lowest BCUT2D eigenvalue weighted by Gasteiger charge is -2.24. The average molecular weight is 350 g/mol. The van der Waals surface area contributed by atoms with Crippen LogP contribution in [-0.4, -0.2) is 49.7 Å². The topological polar surface area (TPSA) is 40.6 Å². The summed E-state index contributed by atoms with van der Waals surface area (Å²) in [7, 11) is 2.03. The zero-order valence-corrected chi connectivity index (χ0v) is 15.8. The molecule has 1 aliphatic carbocycles. The molecule has 0 N–H and O–H groups in total. The summed E-state index contributed by atoms with van der Waals surface area (Å²) in [4.78, 5) is 30.1. The Kier molecular flexibility index (Phi) is 5.52. The molecule has 0 amide bonds. The number of nitrogens with zero attached hydrogens (tertiary/aromatic N) is 2. The number of rotatable bonds is 7. The van der Waals surface area contributed by atoms with Crippen LogP contribution in [0.1, 0.15) is 52.1 Å². The molecule has 4 heteroatoms. The van der Waals surface area contributed by atoms with Crippen LogP contribution in [0, 0.1) is 0 Å². The van der Waals surface area contributed by atoms with Crippen molar-refractivity contribution in [3.8, 4) is 0 Å². The van der Waals surface area contributed by atoms with Gasteiger partial charge in [-0.2, -0.15) is 0 Å². The Labute approximate surface area is 155 Å². The minimum Gasteiger partial charge on any atom is -0.375 e. The number of hydrogen-bond donors (Lipinski definition) is 0. The Morgan fingerprint density at radius 2 is 1.35 bits per heavy atom. The highest BCUT2D eigenvalue weighted by atomic mass is 16.1. The van der Waals surface area contributed by atoms with Crippen molar-refractivity contribution in [2.24, 2.45) is 0 Å². The van der Waals surface area contributed by atoms with Gasteiger partial charge < -0.3 is 9.80 Å². The first kappa shape index (κ1) is 18.3. The van der Waals surface area contributed by atoms with Crippen LogP contribution in [-0.2, 0) is 0 Å². The fourth-order valence-corrected chi connectivity index (χ4v) is 3.53. The third-order valence-electron chi connectivity index (χ3n) is 5.21. The molecule has 2 aromatic rings. The molecular formula is C22H26N2O2. The number of anilines is 1.